The molecule has 4 rings (SSSR count). The molecule has 0 aliphatic rings. The van der Waals surface area contributed by atoms with Crippen molar-refractivity contribution >= 4 is 44.6 Å². The van der Waals surface area contributed by atoms with Gasteiger partial charge in [0.1, 0.15) is 11.6 Å². The lowest BCUT2D eigenvalue weighted by atomic mass is 10.2. The molecule has 0 radical (unpaired) electrons. The van der Waals surface area contributed by atoms with Crippen LogP contribution in [0.3, 0.4) is 0 Å². The monoisotopic (exact) mass is 504 g/mol. The summed E-state index contributed by atoms with van der Waals surface area (Å²) in [6.07, 6.45) is 1.58. The van der Waals surface area contributed by atoms with E-state index in [9.17, 15) is 9.59 Å². The van der Waals surface area contributed by atoms with Crippen LogP contribution in [-0.4, -0.2) is 28.4 Å². The van der Waals surface area contributed by atoms with E-state index in [2.05, 4.69) is 31.3 Å². The summed E-state index contributed by atoms with van der Waals surface area (Å²) in [5.74, 6) is 0.809. The first-order valence-corrected chi connectivity index (χ1v) is 11.0. The minimum atomic E-state index is -0.241. The Morgan fingerprint density at radius 2 is 1.88 bits per heavy atom. The number of aryl methyl sites for hydroxylation is 2. The summed E-state index contributed by atoms with van der Waals surface area (Å²) in [6, 6.07) is 20.0. The number of carbonyl (C=O) groups excluding carboxylic acids is 1. The number of fused-ring (bicyclic) bond motifs is 1. The number of amides is 1. The molecular formula is C25H21BrN4O3. The van der Waals surface area contributed by atoms with E-state index in [0.717, 1.165) is 21.3 Å². The minimum Gasteiger partial charge on any atom is -0.484 e. The van der Waals surface area contributed by atoms with Crippen LogP contribution in [0.15, 0.2) is 81.1 Å². The number of nitrogens with zero attached hydrogens (tertiary/aromatic N) is 3. The SMILES string of the molecule is Cc1ccccc1NC(=O)COc1ccc(C=Nn2c(C)nc3ccc(Br)cc3c2=O)cc1. The van der Waals surface area contributed by atoms with Gasteiger partial charge in [-0.2, -0.15) is 9.78 Å². The number of carbonyl (C=O) groups is 1. The summed E-state index contributed by atoms with van der Waals surface area (Å²) in [6.45, 7) is 3.56. The Morgan fingerprint density at radius 3 is 2.64 bits per heavy atom. The van der Waals surface area contributed by atoms with E-state index in [1.165, 1.54) is 4.68 Å². The summed E-state index contributed by atoms with van der Waals surface area (Å²) < 4.78 is 7.64. The van der Waals surface area contributed by atoms with Gasteiger partial charge in [-0.1, -0.05) is 34.1 Å². The number of nitrogens with one attached hydrogen (secondary N) is 1. The van der Waals surface area contributed by atoms with Gasteiger partial charge < -0.3 is 10.1 Å². The number of halogens is 1. The first-order valence-electron chi connectivity index (χ1n) is 10.2. The molecule has 1 aromatic heterocycles. The zero-order chi connectivity index (χ0) is 23.4. The molecule has 0 atom stereocenters. The summed E-state index contributed by atoms with van der Waals surface area (Å²) >= 11 is 3.38. The second-order valence-corrected chi connectivity index (χ2v) is 8.32. The summed E-state index contributed by atoms with van der Waals surface area (Å²) in [4.78, 5) is 29.4. The number of ether oxygens (including phenoxy) is 1. The molecule has 33 heavy (non-hydrogen) atoms. The van der Waals surface area contributed by atoms with Crippen molar-refractivity contribution in [2.45, 2.75) is 13.8 Å². The van der Waals surface area contributed by atoms with E-state index in [0.29, 0.717) is 22.5 Å². The zero-order valence-corrected chi connectivity index (χ0v) is 19.7. The molecule has 0 spiro atoms. The Hall–Kier alpha value is -3.78. The molecule has 0 aliphatic carbocycles. The van der Waals surface area contributed by atoms with Crippen LogP contribution in [0.25, 0.3) is 10.9 Å². The fraction of sp³-hybridized carbons (Fsp3) is 0.120. The predicted molar refractivity (Wildman–Crippen MR) is 133 cm³/mol. The highest BCUT2D eigenvalue weighted by Gasteiger charge is 2.08. The highest BCUT2D eigenvalue weighted by atomic mass is 79.9. The average Bonchev–Trinajstić information content (AvgIpc) is 2.80. The van der Waals surface area contributed by atoms with Crippen molar-refractivity contribution in [1.29, 1.82) is 0 Å². The number of rotatable bonds is 6. The molecule has 0 aliphatic heterocycles. The molecule has 7 nitrogen and oxygen atoms in total. The Kier molecular flexibility index (Phi) is 6.65. The van der Waals surface area contributed by atoms with Gasteiger partial charge in [0.15, 0.2) is 6.61 Å². The molecule has 0 fully saturated rings. The van der Waals surface area contributed by atoms with Crippen LogP contribution < -0.4 is 15.6 Å². The van der Waals surface area contributed by atoms with Crippen LogP contribution in [-0.2, 0) is 4.79 Å². The van der Waals surface area contributed by atoms with Crippen molar-refractivity contribution in [3.8, 4) is 5.75 Å². The normalized spacial score (nSPS) is 11.1. The fourth-order valence-corrected chi connectivity index (χ4v) is 3.58. The van der Waals surface area contributed by atoms with E-state index in [4.69, 9.17) is 4.74 Å². The van der Waals surface area contributed by atoms with Gasteiger partial charge in [-0.15, -0.1) is 0 Å². The van der Waals surface area contributed by atoms with Gasteiger partial charge in [-0.05, 0) is 73.5 Å². The molecule has 3 aromatic carbocycles. The molecule has 8 heteroatoms. The first-order chi connectivity index (χ1) is 15.9. The van der Waals surface area contributed by atoms with Crippen LogP contribution in [0.4, 0.5) is 5.69 Å². The first kappa shape index (κ1) is 22.4. The molecule has 4 aromatic rings. The number of anilines is 1. The van der Waals surface area contributed by atoms with Crippen LogP contribution >= 0.6 is 15.9 Å². The number of hydrogen-bond donors (Lipinski definition) is 1. The van der Waals surface area contributed by atoms with Gasteiger partial charge in [0, 0.05) is 10.2 Å². The quantitative estimate of drug-likeness (QED) is 0.386. The van der Waals surface area contributed by atoms with Crippen LogP contribution in [0, 0.1) is 13.8 Å². The highest BCUT2D eigenvalue weighted by molar-refractivity contribution is 9.10. The van der Waals surface area contributed by atoms with Crippen molar-refractivity contribution in [2.24, 2.45) is 5.10 Å². The Bertz CT molecular complexity index is 1410. The summed E-state index contributed by atoms with van der Waals surface area (Å²) in [7, 11) is 0. The summed E-state index contributed by atoms with van der Waals surface area (Å²) in [5, 5.41) is 7.63. The van der Waals surface area contributed by atoms with E-state index >= 15 is 0 Å². The molecule has 0 unspecified atom stereocenters. The molecule has 1 N–H and O–H groups in total. The number of aromatic nitrogens is 2. The zero-order valence-electron chi connectivity index (χ0n) is 18.1. The Morgan fingerprint density at radius 1 is 1.12 bits per heavy atom. The number of hydrogen-bond acceptors (Lipinski definition) is 5. The second kappa shape index (κ2) is 9.79. The van der Waals surface area contributed by atoms with Crippen molar-refractivity contribution in [2.75, 3.05) is 11.9 Å². The van der Waals surface area contributed by atoms with Gasteiger partial charge in [-0.25, -0.2) is 4.98 Å². The summed E-state index contributed by atoms with van der Waals surface area (Å²) in [5.41, 5.74) is 2.90. The Balaban J connectivity index is 1.42. The maximum Gasteiger partial charge on any atom is 0.282 e. The third-order valence-electron chi connectivity index (χ3n) is 4.96. The van der Waals surface area contributed by atoms with E-state index < -0.39 is 0 Å². The van der Waals surface area contributed by atoms with Crippen LogP contribution in [0.2, 0.25) is 0 Å². The molecule has 166 valence electrons. The lowest BCUT2D eigenvalue weighted by molar-refractivity contribution is -0.118. The van der Waals surface area contributed by atoms with Gasteiger partial charge in [-0.3, -0.25) is 9.59 Å². The minimum absolute atomic E-state index is 0.103. The van der Waals surface area contributed by atoms with Crippen molar-refractivity contribution < 1.29 is 9.53 Å². The topological polar surface area (TPSA) is 85.6 Å². The predicted octanol–water partition coefficient (Wildman–Crippen LogP) is 4.68. The maximum atomic E-state index is 12.8. The lowest BCUT2D eigenvalue weighted by Gasteiger charge is -2.09. The number of para-hydroxylation sites is 1. The van der Waals surface area contributed by atoms with Gasteiger partial charge >= 0.3 is 0 Å². The largest absolute Gasteiger partial charge is 0.484 e. The molecular weight excluding hydrogens is 484 g/mol. The molecule has 0 saturated heterocycles. The smallest absolute Gasteiger partial charge is 0.282 e. The van der Waals surface area contributed by atoms with Gasteiger partial charge in [0.2, 0.25) is 0 Å². The van der Waals surface area contributed by atoms with Crippen LogP contribution in [0.5, 0.6) is 5.75 Å². The fourth-order valence-electron chi connectivity index (χ4n) is 3.22. The highest BCUT2D eigenvalue weighted by Crippen LogP contribution is 2.16. The molecule has 0 saturated carbocycles. The average molecular weight is 505 g/mol. The second-order valence-electron chi connectivity index (χ2n) is 7.40. The lowest BCUT2D eigenvalue weighted by Crippen LogP contribution is -2.20. The van der Waals surface area contributed by atoms with Crippen molar-refractivity contribution in [3.63, 3.8) is 0 Å². The van der Waals surface area contributed by atoms with Gasteiger partial charge in [0.25, 0.3) is 11.5 Å². The van der Waals surface area contributed by atoms with Crippen LogP contribution in [0.1, 0.15) is 17.0 Å². The van der Waals surface area contributed by atoms with Crippen molar-refractivity contribution in [3.05, 3.63) is 98.5 Å². The maximum absolute atomic E-state index is 12.8. The van der Waals surface area contributed by atoms with Crippen molar-refractivity contribution in [1.82, 2.24) is 9.66 Å². The van der Waals surface area contributed by atoms with E-state index in [1.807, 2.05) is 37.3 Å². The molecule has 1 amide bonds. The molecule has 1 heterocycles. The Labute approximate surface area is 198 Å². The third kappa shape index (κ3) is 5.35. The standard InChI is InChI=1S/C25H21BrN4O3/c1-16-5-3-4-6-22(16)29-24(31)15-33-20-10-7-18(8-11-20)14-27-30-17(2)28-23-12-9-19(26)13-21(23)25(30)32/h3-14H,15H2,1-2H3,(H,29,31). The van der Waals surface area contributed by atoms with E-state index in [1.54, 1.807) is 49.5 Å². The van der Waals surface area contributed by atoms with Gasteiger partial charge in [0.05, 0.1) is 17.1 Å². The van der Waals surface area contributed by atoms with E-state index in [-0.39, 0.29) is 18.1 Å². The molecule has 0 bridgehead atoms. The third-order valence-corrected chi connectivity index (χ3v) is 5.45. The number of benzene rings is 3.